The van der Waals surface area contributed by atoms with Crippen LogP contribution in [0.15, 0.2) is 4.52 Å². The normalized spacial score (nSPS) is 18.7. The smallest absolute Gasteiger partial charge is 0.257 e. The average molecular weight is 262 g/mol. The van der Waals surface area contributed by atoms with Crippen molar-refractivity contribution in [2.75, 3.05) is 13.7 Å². The third kappa shape index (κ3) is 3.40. The number of hydrogen-bond donors (Lipinski definition) is 1. The summed E-state index contributed by atoms with van der Waals surface area (Å²) in [4.78, 5) is 4.39. The Morgan fingerprint density at radius 2 is 2.12 bits per heavy atom. The number of hydrogen-bond acceptors (Lipinski definition) is 5. The zero-order valence-electron chi connectivity index (χ0n) is 10.1. The second-order valence-corrected chi connectivity index (χ2v) is 4.29. The minimum Gasteiger partial charge on any atom is -0.370 e. The van der Waals surface area contributed by atoms with E-state index in [4.69, 9.17) is 15.0 Å². The largest absolute Gasteiger partial charge is 0.370 e. The first kappa shape index (κ1) is 14.4. The lowest BCUT2D eigenvalue weighted by molar-refractivity contribution is 0.0803. The summed E-state index contributed by atoms with van der Waals surface area (Å²) in [6, 6.07) is 0. The Labute approximate surface area is 108 Å². The first-order valence-electron chi connectivity index (χ1n) is 5.91. The van der Waals surface area contributed by atoms with Gasteiger partial charge in [-0.15, -0.1) is 12.4 Å². The highest BCUT2D eigenvalue weighted by Gasteiger charge is 2.23. The molecule has 98 valence electrons. The summed E-state index contributed by atoms with van der Waals surface area (Å²) < 4.78 is 10.4. The molecule has 0 saturated heterocycles. The van der Waals surface area contributed by atoms with Crippen molar-refractivity contribution in [3.8, 4) is 0 Å². The van der Waals surface area contributed by atoms with E-state index in [0.717, 1.165) is 5.82 Å². The zero-order valence-corrected chi connectivity index (χ0v) is 10.9. The van der Waals surface area contributed by atoms with Gasteiger partial charge >= 0.3 is 0 Å². The summed E-state index contributed by atoms with van der Waals surface area (Å²) in [5.41, 5.74) is 5.55. The summed E-state index contributed by atoms with van der Waals surface area (Å²) in [5, 5.41) is 4.04. The van der Waals surface area contributed by atoms with Crippen molar-refractivity contribution in [3.63, 3.8) is 0 Å². The fourth-order valence-corrected chi connectivity index (χ4v) is 2.20. The molecular weight excluding hydrogens is 242 g/mol. The fraction of sp³-hybridized carbons (Fsp3) is 0.818. The number of aromatic nitrogens is 2. The number of rotatable bonds is 4. The van der Waals surface area contributed by atoms with Crippen LogP contribution in [0.25, 0.3) is 0 Å². The molecule has 1 aromatic heterocycles. The van der Waals surface area contributed by atoms with E-state index in [9.17, 15) is 0 Å². The monoisotopic (exact) mass is 261 g/mol. The lowest BCUT2D eigenvalue weighted by Crippen LogP contribution is -2.14. The molecule has 0 amide bonds. The number of nitrogens with two attached hydrogens (primary N) is 1. The predicted octanol–water partition coefficient (Wildman–Crippen LogP) is 2.19. The van der Waals surface area contributed by atoms with Gasteiger partial charge in [0.25, 0.3) is 5.89 Å². The molecule has 1 aliphatic rings. The van der Waals surface area contributed by atoms with Crippen LogP contribution in [-0.4, -0.2) is 23.8 Å². The molecule has 6 heteroatoms. The van der Waals surface area contributed by atoms with Gasteiger partial charge in [-0.2, -0.15) is 4.98 Å². The molecule has 1 atom stereocenters. The van der Waals surface area contributed by atoms with Crippen molar-refractivity contribution in [1.82, 2.24) is 10.1 Å². The minimum absolute atomic E-state index is 0. The standard InChI is InChI=1S/C11H19N3O2.ClH/c1-15-9(7-12)11-13-10(14-16-11)8-5-3-2-4-6-8;/h8-9H,2-7,12H2,1H3;1H. The summed E-state index contributed by atoms with van der Waals surface area (Å²) in [5.74, 6) is 1.79. The van der Waals surface area contributed by atoms with Crippen LogP contribution in [0.4, 0.5) is 0 Å². The number of nitrogens with zero attached hydrogens (tertiary/aromatic N) is 2. The molecule has 1 saturated carbocycles. The quantitative estimate of drug-likeness (QED) is 0.899. The van der Waals surface area contributed by atoms with Gasteiger partial charge in [-0.25, -0.2) is 0 Å². The number of ether oxygens (including phenoxy) is 1. The Hall–Kier alpha value is -0.650. The van der Waals surface area contributed by atoms with Crippen LogP contribution in [-0.2, 0) is 4.74 Å². The predicted molar refractivity (Wildman–Crippen MR) is 66.2 cm³/mol. The van der Waals surface area contributed by atoms with Crippen molar-refractivity contribution in [2.45, 2.75) is 44.1 Å². The van der Waals surface area contributed by atoms with Crippen molar-refractivity contribution in [1.29, 1.82) is 0 Å². The van der Waals surface area contributed by atoms with Gasteiger partial charge in [0.2, 0.25) is 0 Å². The molecule has 0 bridgehead atoms. The first-order chi connectivity index (χ1) is 7.85. The Kier molecular flexibility index (Phi) is 5.88. The lowest BCUT2D eigenvalue weighted by atomic mass is 9.89. The van der Waals surface area contributed by atoms with E-state index in [1.165, 1.54) is 32.1 Å². The maximum Gasteiger partial charge on any atom is 0.257 e. The van der Waals surface area contributed by atoms with Crippen LogP contribution in [0.2, 0.25) is 0 Å². The summed E-state index contributed by atoms with van der Waals surface area (Å²) in [7, 11) is 1.60. The highest BCUT2D eigenvalue weighted by Crippen LogP contribution is 2.31. The molecule has 17 heavy (non-hydrogen) atoms. The Morgan fingerprint density at radius 1 is 1.41 bits per heavy atom. The van der Waals surface area contributed by atoms with E-state index in [2.05, 4.69) is 10.1 Å². The molecule has 0 aliphatic heterocycles. The molecule has 1 fully saturated rings. The van der Waals surface area contributed by atoms with Gasteiger partial charge in [-0.05, 0) is 12.8 Å². The highest BCUT2D eigenvalue weighted by molar-refractivity contribution is 5.85. The summed E-state index contributed by atoms with van der Waals surface area (Å²) in [6.45, 7) is 0.364. The Bertz CT molecular complexity index is 322. The second-order valence-electron chi connectivity index (χ2n) is 4.29. The summed E-state index contributed by atoms with van der Waals surface area (Å²) in [6.07, 6.45) is 5.91. The number of methoxy groups -OCH3 is 1. The second kappa shape index (κ2) is 6.93. The first-order valence-corrected chi connectivity index (χ1v) is 5.91. The molecule has 1 heterocycles. The van der Waals surface area contributed by atoms with Crippen LogP contribution in [0, 0.1) is 0 Å². The van der Waals surface area contributed by atoms with Crippen LogP contribution in [0.3, 0.4) is 0 Å². The molecule has 1 unspecified atom stereocenters. The molecule has 0 aromatic carbocycles. The van der Waals surface area contributed by atoms with Crippen molar-refractivity contribution < 1.29 is 9.26 Å². The average Bonchev–Trinajstić information content (AvgIpc) is 2.81. The molecular formula is C11H20ClN3O2. The minimum atomic E-state index is -0.273. The van der Waals surface area contributed by atoms with E-state index in [1.807, 2.05) is 0 Å². The molecule has 5 nitrogen and oxygen atoms in total. The van der Waals surface area contributed by atoms with Crippen LogP contribution in [0.1, 0.15) is 55.8 Å². The topological polar surface area (TPSA) is 74.2 Å². The molecule has 1 aromatic rings. The Balaban J connectivity index is 0.00000144. The van der Waals surface area contributed by atoms with Gasteiger partial charge < -0.3 is 15.0 Å². The van der Waals surface area contributed by atoms with Gasteiger partial charge in [0, 0.05) is 19.6 Å². The van der Waals surface area contributed by atoms with E-state index < -0.39 is 0 Å². The Morgan fingerprint density at radius 3 is 2.71 bits per heavy atom. The molecule has 2 rings (SSSR count). The van der Waals surface area contributed by atoms with Gasteiger partial charge in [-0.3, -0.25) is 0 Å². The van der Waals surface area contributed by atoms with Gasteiger partial charge in [0.15, 0.2) is 5.82 Å². The van der Waals surface area contributed by atoms with Gasteiger partial charge in [0.1, 0.15) is 6.10 Å². The highest BCUT2D eigenvalue weighted by atomic mass is 35.5. The lowest BCUT2D eigenvalue weighted by Gasteiger charge is -2.17. The zero-order chi connectivity index (χ0) is 11.4. The van der Waals surface area contributed by atoms with Crippen molar-refractivity contribution in [2.24, 2.45) is 5.73 Å². The maximum atomic E-state index is 5.55. The third-order valence-corrected chi connectivity index (χ3v) is 3.20. The maximum absolute atomic E-state index is 5.55. The van der Waals surface area contributed by atoms with Crippen LogP contribution < -0.4 is 5.73 Å². The van der Waals surface area contributed by atoms with Crippen molar-refractivity contribution >= 4 is 12.4 Å². The van der Waals surface area contributed by atoms with E-state index in [0.29, 0.717) is 18.4 Å². The van der Waals surface area contributed by atoms with E-state index in [-0.39, 0.29) is 18.5 Å². The van der Waals surface area contributed by atoms with Gasteiger partial charge in [-0.1, -0.05) is 24.4 Å². The summed E-state index contributed by atoms with van der Waals surface area (Å²) >= 11 is 0. The molecule has 2 N–H and O–H groups in total. The van der Waals surface area contributed by atoms with Crippen LogP contribution in [0.5, 0.6) is 0 Å². The molecule has 0 spiro atoms. The SMILES string of the molecule is COC(CN)c1nc(C2CCCCC2)no1.Cl. The molecule has 0 radical (unpaired) electrons. The van der Waals surface area contributed by atoms with E-state index in [1.54, 1.807) is 7.11 Å². The van der Waals surface area contributed by atoms with E-state index >= 15 is 0 Å². The van der Waals surface area contributed by atoms with Crippen LogP contribution >= 0.6 is 12.4 Å². The third-order valence-electron chi connectivity index (χ3n) is 3.20. The fourth-order valence-electron chi connectivity index (χ4n) is 2.20. The van der Waals surface area contributed by atoms with Gasteiger partial charge in [0.05, 0.1) is 0 Å². The van der Waals surface area contributed by atoms with Crippen molar-refractivity contribution in [3.05, 3.63) is 11.7 Å². The number of halogens is 1. The molecule has 1 aliphatic carbocycles.